The van der Waals surface area contributed by atoms with Crippen LogP contribution in [0.4, 0.5) is 0 Å². The Bertz CT molecular complexity index is 699. The number of carbonyl (C=O) groups excluding carboxylic acids is 1. The van der Waals surface area contributed by atoms with Gasteiger partial charge in [0.15, 0.2) is 0 Å². The van der Waals surface area contributed by atoms with Gasteiger partial charge in [-0.1, -0.05) is 0 Å². The molecule has 0 radical (unpaired) electrons. The van der Waals surface area contributed by atoms with Crippen molar-refractivity contribution in [2.75, 3.05) is 32.7 Å². The average molecular weight is 358 g/mol. The van der Waals surface area contributed by atoms with E-state index >= 15 is 0 Å². The molecule has 128 valence electrons. The number of piperidine rings is 1. The van der Waals surface area contributed by atoms with Crippen LogP contribution < -0.4 is 5.32 Å². The molecule has 0 aromatic carbocycles. The lowest BCUT2D eigenvalue weighted by molar-refractivity contribution is -0.135. The molecule has 2 fully saturated rings. The molecule has 3 heterocycles. The van der Waals surface area contributed by atoms with Crippen LogP contribution in [0.1, 0.15) is 22.6 Å². The monoisotopic (exact) mass is 357 g/mol. The average Bonchev–Trinajstić information content (AvgIpc) is 2.87. The molecular formula is C15H23N3O3S2. The van der Waals surface area contributed by atoms with Crippen LogP contribution in [0.25, 0.3) is 0 Å². The summed E-state index contributed by atoms with van der Waals surface area (Å²) in [6.45, 7) is 6.51. The van der Waals surface area contributed by atoms with Crippen molar-refractivity contribution >= 4 is 27.3 Å². The smallest absolute Gasteiger partial charge is 0.244 e. The van der Waals surface area contributed by atoms with Crippen molar-refractivity contribution in [3.8, 4) is 0 Å². The number of carbonyl (C=O) groups is 1. The maximum atomic E-state index is 12.9. The van der Waals surface area contributed by atoms with Crippen LogP contribution in [-0.4, -0.2) is 62.3 Å². The maximum absolute atomic E-state index is 12.9. The van der Waals surface area contributed by atoms with Gasteiger partial charge in [0.2, 0.25) is 15.9 Å². The summed E-state index contributed by atoms with van der Waals surface area (Å²) in [5, 5.41) is 3.06. The standard InChI is InChI=1S/C15H23N3O3S2/c1-11-8-14(12(2)22-11)23(20,21)17-6-3-4-13(10-17)18-7-5-16-9-15(18)19/h8,13,16H,3-7,9-10H2,1-2H3. The summed E-state index contributed by atoms with van der Waals surface area (Å²) in [4.78, 5) is 16.2. The van der Waals surface area contributed by atoms with Gasteiger partial charge in [0, 0.05) is 42.0 Å². The Labute approximate surface area is 141 Å². The Balaban J connectivity index is 1.80. The molecule has 1 atom stereocenters. The summed E-state index contributed by atoms with van der Waals surface area (Å²) >= 11 is 1.51. The van der Waals surface area contributed by atoms with E-state index in [0.29, 0.717) is 31.1 Å². The largest absolute Gasteiger partial charge is 0.336 e. The lowest BCUT2D eigenvalue weighted by atomic mass is 10.1. The zero-order chi connectivity index (χ0) is 16.6. The highest BCUT2D eigenvalue weighted by atomic mass is 32.2. The van der Waals surface area contributed by atoms with Crippen LogP contribution in [0.5, 0.6) is 0 Å². The van der Waals surface area contributed by atoms with Gasteiger partial charge in [0.05, 0.1) is 11.4 Å². The third-order valence-electron chi connectivity index (χ3n) is 4.54. The number of sulfonamides is 1. The predicted molar refractivity (Wildman–Crippen MR) is 90.2 cm³/mol. The van der Waals surface area contributed by atoms with Crippen LogP contribution >= 0.6 is 11.3 Å². The first kappa shape index (κ1) is 16.9. The second kappa shape index (κ2) is 6.51. The Hall–Kier alpha value is -0.960. The minimum absolute atomic E-state index is 0.00633. The zero-order valence-corrected chi connectivity index (χ0v) is 15.2. The van der Waals surface area contributed by atoms with Crippen molar-refractivity contribution in [3.63, 3.8) is 0 Å². The molecule has 0 aliphatic carbocycles. The second-order valence-corrected chi connectivity index (χ2v) is 9.57. The highest BCUT2D eigenvalue weighted by Gasteiger charge is 2.36. The predicted octanol–water partition coefficient (Wildman–Crippen LogP) is 0.950. The van der Waals surface area contributed by atoms with E-state index in [0.717, 1.165) is 29.1 Å². The van der Waals surface area contributed by atoms with E-state index < -0.39 is 10.0 Å². The quantitative estimate of drug-likeness (QED) is 0.874. The highest BCUT2D eigenvalue weighted by molar-refractivity contribution is 7.89. The first-order valence-corrected chi connectivity index (χ1v) is 10.2. The number of aryl methyl sites for hydroxylation is 2. The molecule has 1 aromatic rings. The van der Waals surface area contributed by atoms with E-state index in [1.165, 1.54) is 11.3 Å². The number of nitrogens with one attached hydrogen (secondary N) is 1. The van der Waals surface area contributed by atoms with Crippen molar-refractivity contribution in [1.82, 2.24) is 14.5 Å². The van der Waals surface area contributed by atoms with E-state index in [4.69, 9.17) is 0 Å². The van der Waals surface area contributed by atoms with Gasteiger partial charge in [-0.05, 0) is 32.8 Å². The van der Waals surface area contributed by atoms with E-state index in [2.05, 4.69) is 5.32 Å². The summed E-state index contributed by atoms with van der Waals surface area (Å²) in [6.07, 6.45) is 1.67. The Morgan fingerprint density at radius 1 is 1.30 bits per heavy atom. The van der Waals surface area contributed by atoms with Gasteiger partial charge in [0.25, 0.3) is 0 Å². The molecule has 2 saturated heterocycles. The molecular weight excluding hydrogens is 334 g/mol. The van der Waals surface area contributed by atoms with Gasteiger partial charge in [-0.15, -0.1) is 11.3 Å². The maximum Gasteiger partial charge on any atom is 0.244 e. The van der Waals surface area contributed by atoms with Gasteiger partial charge in [-0.25, -0.2) is 8.42 Å². The fourth-order valence-electron chi connectivity index (χ4n) is 3.40. The van der Waals surface area contributed by atoms with Gasteiger partial charge >= 0.3 is 0 Å². The van der Waals surface area contributed by atoms with Crippen molar-refractivity contribution in [3.05, 3.63) is 15.8 Å². The SMILES string of the molecule is Cc1cc(S(=O)(=O)N2CCCC(N3CCNCC3=O)C2)c(C)s1. The molecule has 2 aliphatic heterocycles. The van der Waals surface area contributed by atoms with Crippen LogP contribution in [0.15, 0.2) is 11.0 Å². The number of hydrogen-bond donors (Lipinski definition) is 1. The molecule has 8 heteroatoms. The van der Waals surface area contributed by atoms with Crippen molar-refractivity contribution in [1.29, 1.82) is 0 Å². The summed E-state index contributed by atoms with van der Waals surface area (Å²) in [7, 11) is -3.47. The fourth-order valence-corrected chi connectivity index (χ4v) is 6.44. The Morgan fingerprint density at radius 3 is 2.74 bits per heavy atom. The number of nitrogens with zero attached hydrogens (tertiary/aromatic N) is 2. The third-order valence-corrected chi connectivity index (χ3v) is 7.63. The summed E-state index contributed by atoms with van der Waals surface area (Å²) < 4.78 is 27.5. The lowest BCUT2D eigenvalue weighted by Crippen LogP contribution is -2.57. The summed E-state index contributed by atoms with van der Waals surface area (Å²) in [5.74, 6) is 0.0723. The highest BCUT2D eigenvalue weighted by Crippen LogP contribution is 2.30. The third kappa shape index (κ3) is 3.31. The number of rotatable bonds is 3. The number of piperazine rings is 1. The fraction of sp³-hybridized carbons (Fsp3) is 0.667. The van der Waals surface area contributed by atoms with Crippen molar-refractivity contribution in [2.45, 2.75) is 37.6 Å². The minimum Gasteiger partial charge on any atom is -0.336 e. The van der Waals surface area contributed by atoms with E-state index in [9.17, 15) is 13.2 Å². The van der Waals surface area contributed by atoms with Gasteiger partial charge in [-0.2, -0.15) is 4.31 Å². The van der Waals surface area contributed by atoms with Crippen molar-refractivity contribution < 1.29 is 13.2 Å². The molecule has 1 aromatic heterocycles. The Kier molecular flexibility index (Phi) is 4.78. The van der Waals surface area contributed by atoms with E-state index in [-0.39, 0.29) is 11.9 Å². The first-order chi connectivity index (χ1) is 10.9. The van der Waals surface area contributed by atoms with Gasteiger partial charge in [-0.3, -0.25) is 4.79 Å². The zero-order valence-electron chi connectivity index (χ0n) is 13.5. The summed E-state index contributed by atoms with van der Waals surface area (Å²) in [5.41, 5.74) is 0. The van der Waals surface area contributed by atoms with Crippen LogP contribution in [0.3, 0.4) is 0 Å². The normalized spacial score (nSPS) is 24.2. The summed E-state index contributed by atoms with van der Waals surface area (Å²) in [6, 6.07) is 1.75. The van der Waals surface area contributed by atoms with Crippen LogP contribution in [-0.2, 0) is 14.8 Å². The Morgan fingerprint density at radius 2 is 2.09 bits per heavy atom. The topological polar surface area (TPSA) is 69.7 Å². The molecule has 2 aliphatic rings. The number of hydrogen-bond acceptors (Lipinski definition) is 5. The molecule has 1 amide bonds. The van der Waals surface area contributed by atoms with Gasteiger partial charge < -0.3 is 10.2 Å². The number of amides is 1. The molecule has 1 unspecified atom stereocenters. The van der Waals surface area contributed by atoms with Crippen LogP contribution in [0, 0.1) is 13.8 Å². The minimum atomic E-state index is -3.47. The molecule has 1 N–H and O–H groups in total. The lowest BCUT2D eigenvalue weighted by Gasteiger charge is -2.40. The first-order valence-electron chi connectivity index (χ1n) is 7.97. The molecule has 0 spiro atoms. The van der Waals surface area contributed by atoms with E-state index in [1.54, 1.807) is 10.4 Å². The second-order valence-electron chi connectivity index (χ2n) is 6.20. The van der Waals surface area contributed by atoms with Crippen LogP contribution in [0.2, 0.25) is 0 Å². The van der Waals surface area contributed by atoms with Crippen molar-refractivity contribution in [2.24, 2.45) is 0 Å². The number of thiophene rings is 1. The molecule has 23 heavy (non-hydrogen) atoms. The molecule has 0 saturated carbocycles. The molecule has 0 bridgehead atoms. The molecule has 3 rings (SSSR count). The van der Waals surface area contributed by atoms with E-state index in [1.807, 2.05) is 18.7 Å². The van der Waals surface area contributed by atoms with Gasteiger partial charge in [0.1, 0.15) is 0 Å². The molecule has 6 nitrogen and oxygen atoms in total.